The van der Waals surface area contributed by atoms with Crippen LogP contribution >= 0.6 is 11.8 Å². The van der Waals surface area contributed by atoms with E-state index in [0.29, 0.717) is 12.2 Å². The van der Waals surface area contributed by atoms with Gasteiger partial charge >= 0.3 is 0 Å². The van der Waals surface area contributed by atoms with Crippen molar-refractivity contribution in [2.75, 3.05) is 24.1 Å². The molecule has 0 radical (unpaired) electrons. The quantitative estimate of drug-likeness (QED) is 0.830. The minimum atomic E-state index is -3.29. The molecule has 6 heteroatoms. The molecule has 4 nitrogen and oxygen atoms in total. The van der Waals surface area contributed by atoms with Crippen molar-refractivity contribution in [1.82, 2.24) is 5.32 Å². The third kappa shape index (κ3) is 3.18. The number of rotatable bonds is 4. The Morgan fingerprint density at radius 3 is 2.83 bits per heavy atom. The number of thioether (sulfide) groups is 1. The maximum atomic E-state index is 12.3. The van der Waals surface area contributed by atoms with E-state index < -0.39 is 10.0 Å². The van der Waals surface area contributed by atoms with Crippen LogP contribution in [0.4, 0.5) is 5.69 Å². The molecule has 2 N–H and O–H groups in total. The van der Waals surface area contributed by atoms with Crippen LogP contribution in [0.25, 0.3) is 0 Å². The van der Waals surface area contributed by atoms with Crippen LogP contribution in [-0.2, 0) is 10.0 Å². The average Bonchev–Trinajstić information content (AvgIpc) is 2.40. The summed E-state index contributed by atoms with van der Waals surface area (Å²) in [5.74, 6) is 0. The molecule has 18 heavy (non-hydrogen) atoms. The Morgan fingerprint density at radius 2 is 2.17 bits per heavy atom. The van der Waals surface area contributed by atoms with Gasteiger partial charge in [0.2, 0.25) is 10.0 Å². The molecule has 1 saturated heterocycles. The second kappa shape index (κ2) is 5.95. The van der Waals surface area contributed by atoms with E-state index in [-0.39, 0.29) is 5.25 Å². The molecule has 1 aromatic carbocycles. The molecular weight excluding hydrogens is 268 g/mol. The molecule has 1 heterocycles. The topological polar surface area (TPSA) is 58.2 Å². The van der Waals surface area contributed by atoms with Crippen LogP contribution in [0.15, 0.2) is 29.2 Å². The van der Waals surface area contributed by atoms with Crippen LogP contribution in [0, 0.1) is 0 Å². The Labute approximate surface area is 113 Å². The zero-order chi connectivity index (χ0) is 13.0. The smallest absolute Gasteiger partial charge is 0.236 e. The fourth-order valence-corrected chi connectivity index (χ4v) is 4.13. The monoisotopic (exact) mass is 286 g/mol. The van der Waals surface area contributed by atoms with Crippen LogP contribution in [0.5, 0.6) is 0 Å². The maximum Gasteiger partial charge on any atom is 0.236 e. The highest BCUT2D eigenvalue weighted by atomic mass is 32.2. The van der Waals surface area contributed by atoms with E-state index >= 15 is 0 Å². The van der Waals surface area contributed by atoms with E-state index in [9.17, 15) is 8.42 Å². The standard InChI is InChI=1S/C12H18N2O2S2/c1-17-12-7-3-2-6-11(12)14-18(15,16)10-5-4-8-13-9-10/h2-3,6-7,10,13-14H,4-5,8-9H2,1H3. The summed E-state index contributed by atoms with van der Waals surface area (Å²) < 4.78 is 27.2. The van der Waals surface area contributed by atoms with Crippen molar-refractivity contribution < 1.29 is 8.42 Å². The van der Waals surface area contributed by atoms with E-state index in [1.165, 1.54) is 0 Å². The SMILES string of the molecule is CSc1ccccc1NS(=O)(=O)C1CCCNC1. The van der Waals surface area contributed by atoms with Gasteiger partial charge in [0.15, 0.2) is 0 Å². The normalized spacial score (nSPS) is 20.6. The molecule has 100 valence electrons. The van der Waals surface area contributed by atoms with Gasteiger partial charge < -0.3 is 5.32 Å². The van der Waals surface area contributed by atoms with Crippen molar-refractivity contribution in [2.45, 2.75) is 23.0 Å². The van der Waals surface area contributed by atoms with Crippen molar-refractivity contribution >= 4 is 27.5 Å². The highest BCUT2D eigenvalue weighted by Crippen LogP contribution is 2.26. The van der Waals surface area contributed by atoms with Gasteiger partial charge in [0.05, 0.1) is 10.9 Å². The Kier molecular flexibility index (Phi) is 4.53. The van der Waals surface area contributed by atoms with E-state index in [4.69, 9.17) is 0 Å². The predicted molar refractivity (Wildman–Crippen MR) is 76.7 cm³/mol. The van der Waals surface area contributed by atoms with Crippen LogP contribution in [0.1, 0.15) is 12.8 Å². The fraction of sp³-hybridized carbons (Fsp3) is 0.500. The van der Waals surface area contributed by atoms with Crippen molar-refractivity contribution in [2.24, 2.45) is 0 Å². The molecule has 1 fully saturated rings. The molecule has 1 aliphatic heterocycles. The van der Waals surface area contributed by atoms with E-state index in [1.54, 1.807) is 17.8 Å². The van der Waals surface area contributed by atoms with Crippen molar-refractivity contribution in [3.63, 3.8) is 0 Å². The summed E-state index contributed by atoms with van der Waals surface area (Å²) in [5.41, 5.74) is 0.676. The summed E-state index contributed by atoms with van der Waals surface area (Å²) in [5, 5.41) is 2.80. The second-order valence-electron chi connectivity index (χ2n) is 4.32. The number of piperidine rings is 1. The molecule has 0 saturated carbocycles. The third-order valence-corrected chi connectivity index (χ3v) is 5.63. The lowest BCUT2D eigenvalue weighted by molar-refractivity contribution is 0.499. The van der Waals surface area contributed by atoms with Gasteiger partial charge in [-0.15, -0.1) is 11.8 Å². The van der Waals surface area contributed by atoms with Crippen LogP contribution in [0.3, 0.4) is 0 Å². The van der Waals surface area contributed by atoms with Gasteiger partial charge in [-0.3, -0.25) is 4.72 Å². The van der Waals surface area contributed by atoms with E-state index in [1.807, 2.05) is 24.5 Å². The first-order valence-corrected chi connectivity index (χ1v) is 8.76. The first-order valence-electron chi connectivity index (χ1n) is 5.99. The Bertz CT molecular complexity index is 497. The summed E-state index contributed by atoms with van der Waals surface area (Å²) in [7, 11) is -3.29. The van der Waals surface area contributed by atoms with E-state index in [0.717, 1.165) is 24.3 Å². The highest BCUT2D eigenvalue weighted by molar-refractivity contribution is 7.99. The lowest BCUT2D eigenvalue weighted by Crippen LogP contribution is -2.41. The number of nitrogens with one attached hydrogen (secondary N) is 2. The van der Waals surface area contributed by atoms with Crippen LogP contribution in [-0.4, -0.2) is 33.0 Å². The van der Waals surface area contributed by atoms with Crippen molar-refractivity contribution in [1.29, 1.82) is 0 Å². The molecule has 0 aliphatic carbocycles. The minimum Gasteiger partial charge on any atom is -0.315 e. The van der Waals surface area contributed by atoms with Gasteiger partial charge in [-0.25, -0.2) is 8.42 Å². The summed E-state index contributed by atoms with van der Waals surface area (Å²) in [6, 6.07) is 7.48. The molecule has 0 bridgehead atoms. The molecule has 0 aromatic heterocycles. The van der Waals surface area contributed by atoms with Gasteiger partial charge in [-0.1, -0.05) is 12.1 Å². The molecule has 1 aromatic rings. The van der Waals surface area contributed by atoms with Gasteiger partial charge in [0.1, 0.15) is 0 Å². The number of benzene rings is 1. The Hall–Kier alpha value is -0.720. The molecule has 0 amide bonds. The number of para-hydroxylation sites is 1. The zero-order valence-electron chi connectivity index (χ0n) is 10.3. The number of anilines is 1. The third-order valence-electron chi connectivity index (χ3n) is 3.05. The lowest BCUT2D eigenvalue weighted by Gasteiger charge is -2.23. The highest BCUT2D eigenvalue weighted by Gasteiger charge is 2.27. The molecule has 1 aliphatic rings. The summed E-state index contributed by atoms with van der Waals surface area (Å²) in [6.45, 7) is 1.45. The maximum absolute atomic E-state index is 12.3. The fourth-order valence-electron chi connectivity index (χ4n) is 2.05. The average molecular weight is 286 g/mol. The number of hydrogen-bond acceptors (Lipinski definition) is 4. The largest absolute Gasteiger partial charge is 0.315 e. The van der Waals surface area contributed by atoms with Crippen LogP contribution in [0.2, 0.25) is 0 Å². The number of sulfonamides is 1. The van der Waals surface area contributed by atoms with E-state index in [2.05, 4.69) is 10.0 Å². The van der Waals surface area contributed by atoms with Crippen LogP contribution < -0.4 is 10.0 Å². The minimum absolute atomic E-state index is 0.332. The molecule has 0 spiro atoms. The van der Waals surface area contributed by atoms with Crippen molar-refractivity contribution in [3.8, 4) is 0 Å². The Balaban J connectivity index is 2.16. The molecule has 1 atom stereocenters. The van der Waals surface area contributed by atoms with Crippen molar-refractivity contribution in [3.05, 3.63) is 24.3 Å². The number of hydrogen-bond donors (Lipinski definition) is 2. The molecule has 2 rings (SSSR count). The zero-order valence-corrected chi connectivity index (χ0v) is 12.0. The van der Waals surface area contributed by atoms with Gasteiger partial charge in [-0.2, -0.15) is 0 Å². The van der Waals surface area contributed by atoms with Gasteiger partial charge in [0, 0.05) is 11.4 Å². The van der Waals surface area contributed by atoms with Gasteiger partial charge in [-0.05, 0) is 37.8 Å². The lowest BCUT2D eigenvalue weighted by atomic mass is 10.2. The Morgan fingerprint density at radius 1 is 1.39 bits per heavy atom. The molecular formula is C12H18N2O2S2. The first kappa shape index (κ1) is 13.7. The first-order chi connectivity index (χ1) is 8.63. The molecule has 1 unspecified atom stereocenters. The summed E-state index contributed by atoms with van der Waals surface area (Å²) in [4.78, 5) is 0.949. The second-order valence-corrected chi connectivity index (χ2v) is 7.12. The summed E-state index contributed by atoms with van der Waals surface area (Å²) >= 11 is 1.54. The summed E-state index contributed by atoms with van der Waals surface area (Å²) in [6.07, 6.45) is 3.58. The van der Waals surface area contributed by atoms with Gasteiger partial charge in [0.25, 0.3) is 0 Å². The predicted octanol–water partition coefficient (Wildman–Crippen LogP) is 1.90.